The second-order valence-electron chi connectivity index (χ2n) is 10.9. The first-order valence-electron chi connectivity index (χ1n) is 16.3. The van der Waals surface area contributed by atoms with Crippen molar-refractivity contribution in [2.75, 3.05) is 37.4 Å². The van der Waals surface area contributed by atoms with Crippen molar-refractivity contribution in [2.24, 2.45) is 5.73 Å². The molecular weight excluding hydrogens is 666 g/mol. The first-order chi connectivity index (χ1) is 23.3. The number of rotatable bonds is 21. The number of ether oxygens (including phenoxy) is 2. The quantitative estimate of drug-likeness (QED) is 0.0649. The second kappa shape index (κ2) is 21.6. The Hall–Kier alpha value is -3.37. The van der Waals surface area contributed by atoms with E-state index in [4.69, 9.17) is 15.2 Å². The number of hydrogen-bond acceptors (Lipinski definition) is 9. The number of carbonyl (C=O) groups excluding carboxylic acids is 4. The van der Waals surface area contributed by atoms with Crippen LogP contribution in [0.2, 0.25) is 0 Å². The summed E-state index contributed by atoms with van der Waals surface area (Å²) >= 11 is 0. The van der Waals surface area contributed by atoms with E-state index in [-0.39, 0.29) is 32.6 Å². The highest BCUT2D eigenvalue weighted by atomic mass is 33.1. The summed E-state index contributed by atoms with van der Waals surface area (Å²) in [7, 11) is 1.25. The number of esters is 2. The van der Waals surface area contributed by atoms with E-state index >= 15 is 0 Å². The average molecular weight is 713 g/mol. The lowest BCUT2D eigenvalue weighted by Gasteiger charge is -2.27. The number of benzene rings is 3. The normalized spacial score (nSPS) is 12.4. The first kappa shape index (κ1) is 39.1. The third-order valence-corrected chi connectivity index (χ3v) is 14.5. The predicted octanol–water partition coefficient (Wildman–Crippen LogP) is 3.98. The molecule has 0 radical (unpaired) electrons. The van der Waals surface area contributed by atoms with Crippen molar-refractivity contribution in [1.29, 1.82) is 0 Å². The number of nitrogens with two attached hydrogens (primary N) is 1. The van der Waals surface area contributed by atoms with E-state index < -0.39 is 43.1 Å². The van der Waals surface area contributed by atoms with Crippen LogP contribution < -0.4 is 32.3 Å². The summed E-state index contributed by atoms with van der Waals surface area (Å²) in [5.41, 5.74) is 5.82. The Morgan fingerprint density at radius 3 is 1.83 bits per heavy atom. The smallest absolute Gasteiger partial charge is 0.325 e. The van der Waals surface area contributed by atoms with E-state index in [0.717, 1.165) is 24.8 Å². The molecule has 9 nitrogen and oxygen atoms in total. The summed E-state index contributed by atoms with van der Waals surface area (Å²) in [4.78, 5) is 49.3. The molecule has 0 aliphatic rings. The highest BCUT2D eigenvalue weighted by Gasteiger charge is 2.44. The molecule has 0 fully saturated rings. The predicted molar refractivity (Wildman–Crippen MR) is 200 cm³/mol. The molecule has 0 aliphatic carbocycles. The molecule has 0 saturated carbocycles. The zero-order valence-electron chi connectivity index (χ0n) is 27.7. The lowest BCUT2D eigenvalue weighted by atomic mass is 10.1. The van der Waals surface area contributed by atoms with Crippen molar-refractivity contribution >= 4 is 68.5 Å². The summed E-state index contributed by atoms with van der Waals surface area (Å²) in [5.74, 6) is -0.871. The SMILES string of the molecule is CCOC(=O)CNC(=O)[C@H](CSSCCCC[P+](c1ccccc1)(c1ccccc1)c1ccccc1)NC(=O)CC[C@H](N)C(=O)OCC. The Morgan fingerprint density at radius 1 is 0.771 bits per heavy atom. The molecule has 3 aromatic rings. The first-order valence-corrected chi connectivity index (χ1v) is 20.7. The number of unbranched alkanes of at least 4 members (excludes halogenated alkanes) is 1. The van der Waals surface area contributed by atoms with Crippen molar-refractivity contribution in [1.82, 2.24) is 10.6 Å². The van der Waals surface area contributed by atoms with Crippen LogP contribution in [0.3, 0.4) is 0 Å². The number of hydrogen-bond donors (Lipinski definition) is 3. The molecule has 0 aliphatic heterocycles. The summed E-state index contributed by atoms with van der Waals surface area (Å²) < 4.78 is 9.80. The number of amides is 2. The van der Waals surface area contributed by atoms with Gasteiger partial charge in [-0.3, -0.25) is 19.2 Å². The summed E-state index contributed by atoms with van der Waals surface area (Å²) in [6, 6.07) is 30.6. The molecule has 48 heavy (non-hydrogen) atoms. The Balaban J connectivity index is 1.59. The molecule has 0 spiro atoms. The van der Waals surface area contributed by atoms with Crippen LogP contribution in [0.15, 0.2) is 91.0 Å². The zero-order chi connectivity index (χ0) is 34.6. The van der Waals surface area contributed by atoms with Gasteiger partial charge in [0.1, 0.15) is 41.8 Å². The monoisotopic (exact) mass is 712 g/mol. The molecule has 4 N–H and O–H groups in total. The van der Waals surface area contributed by atoms with Crippen LogP contribution in [0.5, 0.6) is 0 Å². The van der Waals surface area contributed by atoms with Gasteiger partial charge in [-0.2, -0.15) is 0 Å². The van der Waals surface area contributed by atoms with E-state index in [2.05, 4.69) is 102 Å². The van der Waals surface area contributed by atoms with Gasteiger partial charge in [-0.15, -0.1) is 0 Å². The van der Waals surface area contributed by atoms with Gasteiger partial charge in [0.2, 0.25) is 11.8 Å². The molecule has 0 unspecified atom stereocenters. The van der Waals surface area contributed by atoms with Crippen molar-refractivity contribution < 1.29 is 28.7 Å². The second-order valence-corrected chi connectivity index (χ2v) is 17.1. The van der Waals surface area contributed by atoms with Crippen molar-refractivity contribution in [3.63, 3.8) is 0 Å². The fourth-order valence-corrected chi connectivity index (χ4v) is 11.9. The molecule has 2 amide bonds. The fourth-order valence-electron chi connectivity index (χ4n) is 5.16. The molecule has 0 saturated heterocycles. The van der Waals surface area contributed by atoms with Crippen LogP contribution in [0, 0.1) is 0 Å². The van der Waals surface area contributed by atoms with E-state index in [1.54, 1.807) is 24.6 Å². The molecule has 3 rings (SSSR count). The van der Waals surface area contributed by atoms with Gasteiger partial charge in [-0.05, 0) is 69.5 Å². The van der Waals surface area contributed by atoms with Gasteiger partial charge in [0.05, 0.1) is 19.4 Å². The third kappa shape index (κ3) is 12.3. The fraction of sp³-hybridized carbons (Fsp3) is 0.389. The highest BCUT2D eigenvalue weighted by Crippen LogP contribution is 2.56. The summed E-state index contributed by atoms with van der Waals surface area (Å²) in [6.07, 6.45) is 3.06. The molecular formula is C36H47N3O6PS2+. The minimum Gasteiger partial charge on any atom is -0.465 e. The largest absolute Gasteiger partial charge is 0.465 e. The zero-order valence-corrected chi connectivity index (χ0v) is 30.2. The van der Waals surface area contributed by atoms with Crippen LogP contribution in [0.1, 0.15) is 39.5 Å². The summed E-state index contributed by atoms with van der Waals surface area (Å²) in [5, 5.41) is 9.37. The maximum atomic E-state index is 12.9. The van der Waals surface area contributed by atoms with Crippen LogP contribution in [0.25, 0.3) is 0 Å². The Bertz CT molecular complexity index is 1320. The molecule has 0 aromatic heterocycles. The lowest BCUT2D eigenvalue weighted by Crippen LogP contribution is -2.49. The van der Waals surface area contributed by atoms with E-state index in [1.807, 2.05) is 0 Å². The molecule has 0 bridgehead atoms. The molecule has 2 atom stereocenters. The molecule has 3 aromatic carbocycles. The molecule has 12 heteroatoms. The summed E-state index contributed by atoms with van der Waals surface area (Å²) in [6.45, 7) is 3.48. The van der Waals surface area contributed by atoms with Gasteiger partial charge >= 0.3 is 11.9 Å². The van der Waals surface area contributed by atoms with Gasteiger partial charge in [-0.1, -0.05) is 76.2 Å². The standard InChI is InChI=1S/C36H46N3O6PS2/c1-3-44-34(41)26-38-35(42)32(39-33(40)23-22-31(37)36(43)45-4-2)27-48-47-25-15-14-24-46(28-16-8-5-9-17-28,29-18-10-6-11-19-29)30-20-12-7-13-21-30/h5-13,16-21,31-32H,3-4,14-15,22-27,37H2,1-2H3,(H-,38,39,40,42)/p+1/t31-,32-/m0/s1. The molecule has 258 valence electrons. The molecule has 0 heterocycles. The van der Waals surface area contributed by atoms with Crippen molar-refractivity contribution in [2.45, 2.75) is 51.6 Å². The maximum absolute atomic E-state index is 12.9. The van der Waals surface area contributed by atoms with Crippen LogP contribution in [0.4, 0.5) is 0 Å². The maximum Gasteiger partial charge on any atom is 0.325 e. The average Bonchev–Trinajstić information content (AvgIpc) is 3.11. The lowest BCUT2D eigenvalue weighted by molar-refractivity contribution is -0.145. The van der Waals surface area contributed by atoms with Gasteiger partial charge in [-0.25, -0.2) is 0 Å². The van der Waals surface area contributed by atoms with E-state index in [9.17, 15) is 19.2 Å². The van der Waals surface area contributed by atoms with Gasteiger partial charge in [0.15, 0.2) is 0 Å². The third-order valence-electron chi connectivity index (χ3n) is 7.52. The highest BCUT2D eigenvalue weighted by molar-refractivity contribution is 8.76. The topological polar surface area (TPSA) is 137 Å². The van der Waals surface area contributed by atoms with Gasteiger partial charge in [0, 0.05) is 17.9 Å². The van der Waals surface area contributed by atoms with E-state index in [0.29, 0.717) is 5.75 Å². The van der Waals surface area contributed by atoms with Gasteiger partial charge < -0.3 is 25.8 Å². The van der Waals surface area contributed by atoms with Crippen molar-refractivity contribution in [3.05, 3.63) is 91.0 Å². The van der Waals surface area contributed by atoms with Gasteiger partial charge in [0.25, 0.3) is 0 Å². The van der Waals surface area contributed by atoms with E-state index in [1.165, 1.54) is 26.7 Å². The van der Waals surface area contributed by atoms with Crippen molar-refractivity contribution in [3.8, 4) is 0 Å². The minimum absolute atomic E-state index is 0.0471. The number of nitrogens with one attached hydrogen (secondary N) is 2. The Labute approximate surface area is 292 Å². The minimum atomic E-state index is -1.89. The van der Waals surface area contributed by atoms with Crippen LogP contribution in [-0.2, 0) is 28.7 Å². The van der Waals surface area contributed by atoms with Crippen LogP contribution >= 0.6 is 28.9 Å². The Kier molecular flexibility index (Phi) is 17.6. The Morgan fingerprint density at radius 2 is 1.31 bits per heavy atom. The van der Waals surface area contributed by atoms with Crippen LogP contribution in [-0.4, -0.2) is 73.3 Å². The number of carbonyl (C=O) groups is 4.